The number of methoxy groups -OCH3 is 1. The van der Waals surface area contributed by atoms with Gasteiger partial charge in [0.15, 0.2) is 0 Å². The Morgan fingerprint density at radius 1 is 1.10 bits per heavy atom. The highest BCUT2D eigenvalue weighted by atomic mass is 32.2. The summed E-state index contributed by atoms with van der Waals surface area (Å²) in [4.78, 5) is 15.3. The second-order valence-electron chi connectivity index (χ2n) is 7.16. The van der Waals surface area contributed by atoms with Gasteiger partial charge in [-0.25, -0.2) is 8.42 Å². The zero-order chi connectivity index (χ0) is 21.7. The van der Waals surface area contributed by atoms with E-state index in [1.54, 1.807) is 12.1 Å². The Morgan fingerprint density at radius 2 is 1.73 bits per heavy atom. The molecule has 0 aromatic heterocycles. The van der Waals surface area contributed by atoms with Crippen LogP contribution in [-0.4, -0.2) is 51.4 Å². The molecule has 8 heteroatoms. The molecular formula is C22H29N3O4S. The van der Waals surface area contributed by atoms with Crippen LogP contribution in [-0.2, 0) is 14.8 Å². The standard InChI is InChI=1S/C22H29N3O4S/c1-4-24(5-2)18-10-8-17(9-11-18)23-22(26)21-7-6-16-25(21)30(27,28)20-14-12-19(29-3)13-15-20/h8-15,21H,4-7,16H2,1-3H3,(H,23,26). The number of benzene rings is 2. The summed E-state index contributed by atoms with van der Waals surface area (Å²) in [6, 6.07) is 13.1. The number of carbonyl (C=O) groups is 1. The molecule has 2 aromatic rings. The van der Waals surface area contributed by atoms with Crippen molar-refractivity contribution in [3.63, 3.8) is 0 Å². The van der Waals surface area contributed by atoms with Crippen molar-refractivity contribution in [2.45, 2.75) is 37.6 Å². The number of nitrogens with one attached hydrogen (secondary N) is 1. The van der Waals surface area contributed by atoms with Crippen LogP contribution in [0.3, 0.4) is 0 Å². The first-order chi connectivity index (χ1) is 14.4. The van der Waals surface area contributed by atoms with Gasteiger partial charge in [-0.3, -0.25) is 4.79 Å². The van der Waals surface area contributed by atoms with Crippen molar-refractivity contribution in [2.75, 3.05) is 37.0 Å². The highest BCUT2D eigenvalue weighted by molar-refractivity contribution is 7.89. The van der Waals surface area contributed by atoms with Crippen LogP contribution in [0.5, 0.6) is 5.75 Å². The number of ether oxygens (including phenoxy) is 1. The van der Waals surface area contributed by atoms with E-state index < -0.39 is 16.1 Å². The third-order valence-electron chi connectivity index (χ3n) is 5.44. The molecule has 0 aliphatic carbocycles. The van der Waals surface area contributed by atoms with Gasteiger partial charge in [0.25, 0.3) is 0 Å². The smallest absolute Gasteiger partial charge is 0.243 e. The molecule has 0 spiro atoms. The summed E-state index contributed by atoms with van der Waals surface area (Å²) in [7, 11) is -2.24. The van der Waals surface area contributed by atoms with Gasteiger partial charge in [-0.1, -0.05) is 0 Å². The molecule has 0 bridgehead atoms. The highest BCUT2D eigenvalue weighted by Crippen LogP contribution is 2.28. The van der Waals surface area contributed by atoms with Gasteiger partial charge in [0.2, 0.25) is 15.9 Å². The molecule has 1 aliphatic heterocycles. The number of nitrogens with zero attached hydrogens (tertiary/aromatic N) is 2. The minimum atomic E-state index is -3.76. The predicted octanol–water partition coefficient (Wildman–Crippen LogP) is 3.33. The largest absolute Gasteiger partial charge is 0.497 e. The third kappa shape index (κ3) is 4.60. The Labute approximate surface area is 178 Å². The Balaban J connectivity index is 1.73. The zero-order valence-corrected chi connectivity index (χ0v) is 18.5. The number of hydrogen-bond acceptors (Lipinski definition) is 5. The lowest BCUT2D eigenvalue weighted by molar-refractivity contribution is -0.119. The number of amides is 1. The predicted molar refractivity (Wildman–Crippen MR) is 119 cm³/mol. The maximum atomic E-state index is 13.1. The Kier molecular flexibility index (Phi) is 6.99. The molecule has 7 nitrogen and oxygen atoms in total. The fourth-order valence-electron chi connectivity index (χ4n) is 3.74. The Bertz CT molecular complexity index is 955. The van der Waals surface area contributed by atoms with Crippen LogP contribution in [0.4, 0.5) is 11.4 Å². The molecule has 2 aromatic carbocycles. The number of rotatable bonds is 8. The van der Waals surface area contributed by atoms with E-state index in [0.29, 0.717) is 30.8 Å². The lowest BCUT2D eigenvalue weighted by Gasteiger charge is -2.24. The van der Waals surface area contributed by atoms with Crippen molar-refractivity contribution in [1.82, 2.24) is 4.31 Å². The van der Waals surface area contributed by atoms with Crippen LogP contribution in [0, 0.1) is 0 Å². The summed E-state index contributed by atoms with van der Waals surface area (Å²) >= 11 is 0. The molecule has 1 amide bonds. The van der Waals surface area contributed by atoms with Crippen molar-refractivity contribution in [3.05, 3.63) is 48.5 Å². The van der Waals surface area contributed by atoms with Crippen LogP contribution in [0.15, 0.2) is 53.4 Å². The molecule has 1 aliphatic rings. The molecule has 3 rings (SSSR count). The normalized spacial score (nSPS) is 17.0. The molecule has 1 heterocycles. The van der Waals surface area contributed by atoms with Gasteiger partial charge in [-0.15, -0.1) is 0 Å². The van der Waals surface area contributed by atoms with Crippen molar-refractivity contribution in [1.29, 1.82) is 0 Å². The summed E-state index contributed by atoms with van der Waals surface area (Å²) in [6.45, 7) is 6.33. The second-order valence-corrected chi connectivity index (χ2v) is 9.05. The number of hydrogen-bond donors (Lipinski definition) is 1. The van der Waals surface area contributed by atoms with Gasteiger partial charge in [0.1, 0.15) is 11.8 Å². The van der Waals surface area contributed by atoms with Crippen LogP contribution < -0.4 is 15.0 Å². The van der Waals surface area contributed by atoms with E-state index in [1.807, 2.05) is 24.3 Å². The van der Waals surface area contributed by atoms with E-state index in [4.69, 9.17) is 4.74 Å². The van der Waals surface area contributed by atoms with Crippen molar-refractivity contribution >= 4 is 27.3 Å². The van der Waals surface area contributed by atoms with E-state index in [0.717, 1.165) is 18.8 Å². The number of anilines is 2. The lowest BCUT2D eigenvalue weighted by Crippen LogP contribution is -2.43. The lowest BCUT2D eigenvalue weighted by atomic mass is 10.2. The first kappa shape index (κ1) is 22.1. The summed E-state index contributed by atoms with van der Waals surface area (Å²) in [5.41, 5.74) is 1.74. The van der Waals surface area contributed by atoms with E-state index in [1.165, 1.54) is 23.5 Å². The molecule has 1 saturated heterocycles. The number of sulfonamides is 1. The molecule has 1 N–H and O–H groups in total. The van der Waals surface area contributed by atoms with Gasteiger partial charge in [-0.05, 0) is 75.2 Å². The van der Waals surface area contributed by atoms with Gasteiger partial charge in [-0.2, -0.15) is 4.31 Å². The molecule has 1 unspecified atom stereocenters. The van der Waals surface area contributed by atoms with Crippen LogP contribution in [0.25, 0.3) is 0 Å². The summed E-state index contributed by atoms with van der Waals surface area (Å²) in [5.74, 6) is 0.276. The average molecular weight is 432 g/mol. The first-order valence-corrected chi connectivity index (χ1v) is 11.7. The Hall–Kier alpha value is -2.58. The number of carbonyl (C=O) groups excluding carboxylic acids is 1. The average Bonchev–Trinajstić information content (AvgIpc) is 3.27. The SMILES string of the molecule is CCN(CC)c1ccc(NC(=O)C2CCCN2S(=O)(=O)c2ccc(OC)cc2)cc1. The van der Waals surface area contributed by atoms with Crippen molar-refractivity contribution < 1.29 is 17.9 Å². The molecular weight excluding hydrogens is 402 g/mol. The summed E-state index contributed by atoms with van der Waals surface area (Å²) in [5, 5.41) is 2.87. The van der Waals surface area contributed by atoms with Gasteiger partial charge in [0, 0.05) is 31.0 Å². The quantitative estimate of drug-likeness (QED) is 0.694. The van der Waals surface area contributed by atoms with Crippen molar-refractivity contribution in [3.8, 4) is 5.75 Å². The van der Waals surface area contributed by atoms with Gasteiger partial charge < -0.3 is 15.0 Å². The van der Waals surface area contributed by atoms with Crippen LogP contribution >= 0.6 is 0 Å². The van der Waals surface area contributed by atoms with Gasteiger partial charge in [0.05, 0.1) is 12.0 Å². The zero-order valence-electron chi connectivity index (χ0n) is 17.7. The maximum absolute atomic E-state index is 13.1. The Morgan fingerprint density at radius 3 is 2.30 bits per heavy atom. The molecule has 1 atom stereocenters. The summed E-state index contributed by atoms with van der Waals surface area (Å²) < 4.78 is 32.6. The fraction of sp³-hybridized carbons (Fsp3) is 0.409. The minimum absolute atomic E-state index is 0.159. The van der Waals surface area contributed by atoms with E-state index in [2.05, 4.69) is 24.1 Å². The molecule has 1 fully saturated rings. The minimum Gasteiger partial charge on any atom is -0.497 e. The maximum Gasteiger partial charge on any atom is 0.243 e. The topological polar surface area (TPSA) is 79.0 Å². The third-order valence-corrected chi connectivity index (χ3v) is 7.36. The van der Waals surface area contributed by atoms with Gasteiger partial charge >= 0.3 is 0 Å². The molecule has 0 saturated carbocycles. The second kappa shape index (κ2) is 9.49. The molecule has 162 valence electrons. The van der Waals surface area contributed by atoms with E-state index in [9.17, 15) is 13.2 Å². The van der Waals surface area contributed by atoms with Crippen LogP contribution in [0.1, 0.15) is 26.7 Å². The molecule has 30 heavy (non-hydrogen) atoms. The molecule has 0 radical (unpaired) electrons. The van der Waals surface area contributed by atoms with E-state index >= 15 is 0 Å². The summed E-state index contributed by atoms with van der Waals surface area (Å²) in [6.07, 6.45) is 1.15. The van der Waals surface area contributed by atoms with Crippen LogP contribution in [0.2, 0.25) is 0 Å². The monoisotopic (exact) mass is 431 g/mol. The highest BCUT2D eigenvalue weighted by Gasteiger charge is 2.39. The van der Waals surface area contributed by atoms with E-state index in [-0.39, 0.29) is 10.8 Å². The van der Waals surface area contributed by atoms with Crippen molar-refractivity contribution in [2.24, 2.45) is 0 Å². The first-order valence-electron chi connectivity index (χ1n) is 10.2. The fourth-order valence-corrected chi connectivity index (χ4v) is 5.40.